The van der Waals surface area contributed by atoms with Crippen LogP contribution in [-0.2, 0) is 16.0 Å². The van der Waals surface area contributed by atoms with Gasteiger partial charge in [0.2, 0.25) is 5.78 Å². The molecule has 144 valence electrons. The van der Waals surface area contributed by atoms with Gasteiger partial charge in [-0.2, -0.15) is 0 Å². The molecule has 2 rings (SSSR count). The molecular weight excluding hydrogens is 344 g/mol. The first kappa shape index (κ1) is 20.5. The van der Waals surface area contributed by atoms with Crippen molar-refractivity contribution in [3.05, 3.63) is 58.1 Å². The summed E-state index contributed by atoms with van der Waals surface area (Å²) in [4.78, 5) is 24.4. The minimum absolute atomic E-state index is 0.185. The van der Waals surface area contributed by atoms with E-state index >= 15 is 0 Å². The third kappa shape index (κ3) is 5.33. The number of ether oxygens (including phenoxy) is 3. The Kier molecular flexibility index (Phi) is 6.99. The van der Waals surface area contributed by atoms with Crippen LogP contribution < -0.4 is 9.47 Å². The molecule has 0 aliphatic rings. The molecule has 0 atom stereocenters. The van der Waals surface area contributed by atoms with Gasteiger partial charge in [-0.3, -0.25) is 9.59 Å². The molecule has 5 nitrogen and oxygen atoms in total. The monoisotopic (exact) mass is 370 g/mol. The molecule has 0 aliphatic carbocycles. The Morgan fingerprint density at radius 3 is 2.19 bits per heavy atom. The van der Waals surface area contributed by atoms with Gasteiger partial charge in [-0.15, -0.1) is 0 Å². The quantitative estimate of drug-likeness (QED) is 0.519. The normalized spacial score (nSPS) is 10.4. The summed E-state index contributed by atoms with van der Waals surface area (Å²) in [5.41, 5.74) is 4.61. The zero-order valence-electron chi connectivity index (χ0n) is 16.5. The molecule has 5 heteroatoms. The SMILES string of the molecule is COc1ccc(CCC(=O)OCC(=O)c2cc(C)c(C)cc2C)cc1OC. The number of aryl methyl sites for hydroxylation is 4. The van der Waals surface area contributed by atoms with Crippen molar-refractivity contribution < 1.29 is 23.8 Å². The highest BCUT2D eigenvalue weighted by Gasteiger charge is 2.14. The maximum Gasteiger partial charge on any atom is 0.306 e. The highest BCUT2D eigenvalue weighted by Crippen LogP contribution is 2.28. The van der Waals surface area contributed by atoms with Gasteiger partial charge in [0.15, 0.2) is 18.1 Å². The number of carbonyl (C=O) groups excluding carboxylic acids is 2. The Morgan fingerprint density at radius 1 is 0.852 bits per heavy atom. The van der Waals surface area contributed by atoms with Crippen molar-refractivity contribution >= 4 is 11.8 Å². The van der Waals surface area contributed by atoms with E-state index in [1.165, 1.54) is 0 Å². The summed E-state index contributed by atoms with van der Waals surface area (Å²) in [6.07, 6.45) is 0.685. The van der Waals surface area contributed by atoms with E-state index in [4.69, 9.17) is 14.2 Å². The fraction of sp³-hybridized carbons (Fsp3) is 0.364. The van der Waals surface area contributed by atoms with Crippen molar-refractivity contribution in [3.8, 4) is 11.5 Å². The van der Waals surface area contributed by atoms with Crippen LogP contribution in [0, 0.1) is 20.8 Å². The lowest BCUT2D eigenvalue weighted by Crippen LogP contribution is -2.15. The predicted octanol–water partition coefficient (Wildman–Crippen LogP) is 3.99. The summed E-state index contributed by atoms with van der Waals surface area (Å²) < 4.78 is 15.6. The highest BCUT2D eigenvalue weighted by atomic mass is 16.5. The Balaban J connectivity index is 1.89. The molecule has 0 spiro atoms. The van der Waals surface area contributed by atoms with Crippen LogP contribution in [0.5, 0.6) is 11.5 Å². The summed E-state index contributed by atoms with van der Waals surface area (Å²) in [7, 11) is 3.14. The third-order valence-electron chi connectivity index (χ3n) is 4.57. The van der Waals surface area contributed by atoms with Crippen LogP contribution in [0.3, 0.4) is 0 Å². The van der Waals surface area contributed by atoms with Crippen molar-refractivity contribution in [2.45, 2.75) is 33.6 Å². The van der Waals surface area contributed by atoms with Gasteiger partial charge in [-0.1, -0.05) is 12.1 Å². The summed E-state index contributed by atoms with van der Waals surface area (Å²) in [6, 6.07) is 9.32. The molecule has 0 radical (unpaired) electrons. The fourth-order valence-corrected chi connectivity index (χ4v) is 2.84. The zero-order chi connectivity index (χ0) is 20.0. The number of methoxy groups -OCH3 is 2. The number of benzene rings is 2. The van der Waals surface area contributed by atoms with Crippen molar-refractivity contribution in [2.24, 2.45) is 0 Å². The van der Waals surface area contributed by atoms with Gasteiger partial charge in [0.25, 0.3) is 0 Å². The number of Topliss-reactive ketones (excluding diaryl/α,β-unsaturated/α-hetero) is 1. The highest BCUT2D eigenvalue weighted by molar-refractivity contribution is 5.99. The van der Waals surface area contributed by atoms with Gasteiger partial charge in [0, 0.05) is 12.0 Å². The minimum Gasteiger partial charge on any atom is -0.493 e. The molecule has 27 heavy (non-hydrogen) atoms. The van der Waals surface area contributed by atoms with E-state index in [2.05, 4.69) is 0 Å². The molecule has 0 heterocycles. The van der Waals surface area contributed by atoms with Gasteiger partial charge < -0.3 is 14.2 Å². The molecule has 0 aliphatic heterocycles. The van der Waals surface area contributed by atoms with E-state index in [0.29, 0.717) is 23.5 Å². The summed E-state index contributed by atoms with van der Waals surface area (Å²) in [5, 5.41) is 0. The number of esters is 1. The molecule has 0 fully saturated rings. The third-order valence-corrected chi connectivity index (χ3v) is 4.57. The number of hydrogen-bond donors (Lipinski definition) is 0. The fourth-order valence-electron chi connectivity index (χ4n) is 2.84. The predicted molar refractivity (Wildman–Crippen MR) is 104 cm³/mol. The summed E-state index contributed by atoms with van der Waals surface area (Å²) in [6.45, 7) is 5.61. The number of rotatable bonds is 8. The lowest BCUT2D eigenvalue weighted by molar-refractivity contribution is -0.142. The van der Waals surface area contributed by atoms with Crippen LogP contribution in [0.15, 0.2) is 30.3 Å². The second-order valence-electron chi connectivity index (χ2n) is 6.52. The van der Waals surface area contributed by atoms with Crippen LogP contribution in [0.2, 0.25) is 0 Å². The average molecular weight is 370 g/mol. The molecule has 0 aromatic heterocycles. The van der Waals surface area contributed by atoms with Gasteiger partial charge in [-0.05, 0) is 67.6 Å². The first-order chi connectivity index (χ1) is 12.8. The molecule has 0 saturated carbocycles. The van der Waals surface area contributed by atoms with E-state index in [0.717, 1.165) is 22.3 Å². The molecule has 2 aromatic rings. The van der Waals surface area contributed by atoms with Crippen LogP contribution >= 0.6 is 0 Å². The van der Waals surface area contributed by atoms with E-state index in [9.17, 15) is 9.59 Å². The van der Waals surface area contributed by atoms with Crippen LogP contribution in [0.1, 0.15) is 39.0 Å². The van der Waals surface area contributed by atoms with E-state index < -0.39 is 5.97 Å². The van der Waals surface area contributed by atoms with Crippen molar-refractivity contribution in [1.82, 2.24) is 0 Å². The zero-order valence-corrected chi connectivity index (χ0v) is 16.5. The smallest absolute Gasteiger partial charge is 0.306 e. The van der Waals surface area contributed by atoms with Crippen molar-refractivity contribution in [3.63, 3.8) is 0 Å². The van der Waals surface area contributed by atoms with Crippen LogP contribution in [-0.4, -0.2) is 32.6 Å². The molecule has 0 amide bonds. The average Bonchev–Trinajstić information content (AvgIpc) is 2.66. The molecule has 2 aromatic carbocycles. The van der Waals surface area contributed by atoms with Gasteiger partial charge >= 0.3 is 5.97 Å². The van der Waals surface area contributed by atoms with Gasteiger partial charge in [-0.25, -0.2) is 0 Å². The Bertz CT molecular complexity index is 839. The maximum atomic E-state index is 12.4. The summed E-state index contributed by atoms with van der Waals surface area (Å²) >= 11 is 0. The second-order valence-corrected chi connectivity index (χ2v) is 6.52. The van der Waals surface area contributed by atoms with E-state index in [1.807, 2.05) is 45.0 Å². The first-order valence-electron chi connectivity index (χ1n) is 8.83. The Morgan fingerprint density at radius 2 is 1.52 bits per heavy atom. The van der Waals surface area contributed by atoms with E-state index in [1.54, 1.807) is 20.3 Å². The Labute approximate surface area is 160 Å². The topological polar surface area (TPSA) is 61.8 Å². The number of ketones is 1. The molecule has 0 unspecified atom stereocenters. The van der Waals surface area contributed by atoms with Crippen molar-refractivity contribution in [1.29, 1.82) is 0 Å². The maximum absolute atomic E-state index is 12.4. The van der Waals surface area contributed by atoms with E-state index in [-0.39, 0.29) is 18.8 Å². The molecular formula is C22H26O5. The largest absolute Gasteiger partial charge is 0.493 e. The Hall–Kier alpha value is -2.82. The van der Waals surface area contributed by atoms with Crippen molar-refractivity contribution in [2.75, 3.05) is 20.8 Å². The van der Waals surface area contributed by atoms with Gasteiger partial charge in [0.05, 0.1) is 14.2 Å². The number of hydrogen-bond acceptors (Lipinski definition) is 5. The van der Waals surface area contributed by atoms with Gasteiger partial charge in [0.1, 0.15) is 0 Å². The molecule has 0 saturated heterocycles. The lowest BCUT2D eigenvalue weighted by Gasteiger charge is -2.10. The standard InChI is InChI=1S/C22H26O5/c1-14-10-16(3)18(11-15(14)2)19(23)13-27-22(24)9-7-17-6-8-20(25-4)21(12-17)26-5/h6,8,10-12H,7,9,13H2,1-5H3. The summed E-state index contributed by atoms with van der Waals surface area (Å²) in [5.74, 6) is 0.664. The first-order valence-corrected chi connectivity index (χ1v) is 8.83. The lowest BCUT2D eigenvalue weighted by atomic mass is 9.98. The second kappa shape index (κ2) is 9.21. The number of carbonyl (C=O) groups is 2. The molecule has 0 N–H and O–H groups in total. The minimum atomic E-state index is -0.403. The van der Waals surface area contributed by atoms with Crippen LogP contribution in [0.4, 0.5) is 0 Å². The molecule has 0 bridgehead atoms. The van der Waals surface area contributed by atoms with Crippen LogP contribution in [0.25, 0.3) is 0 Å².